The fraction of sp³-hybridized carbons (Fsp3) is 0.0833. The summed E-state index contributed by atoms with van der Waals surface area (Å²) in [5, 5.41) is 17.5. The molecule has 0 saturated heterocycles. The fourth-order valence-corrected chi connectivity index (χ4v) is 1.93. The lowest BCUT2D eigenvalue weighted by molar-refractivity contribution is 0.415. The van der Waals surface area contributed by atoms with Gasteiger partial charge in [0.15, 0.2) is 5.01 Å². The van der Waals surface area contributed by atoms with Gasteiger partial charge >= 0.3 is 0 Å². The van der Waals surface area contributed by atoms with Crippen molar-refractivity contribution in [3.8, 4) is 11.8 Å². The van der Waals surface area contributed by atoms with E-state index in [1.165, 1.54) is 11.3 Å². The zero-order valence-corrected chi connectivity index (χ0v) is 10.4. The number of nitriles is 1. The summed E-state index contributed by atoms with van der Waals surface area (Å²) in [6.45, 7) is 0. The van der Waals surface area contributed by atoms with Crippen LogP contribution >= 0.6 is 11.3 Å². The second kappa shape index (κ2) is 5.29. The fourth-order valence-electron chi connectivity index (χ4n) is 1.35. The summed E-state index contributed by atoms with van der Waals surface area (Å²) in [5.41, 5.74) is 6.82. The van der Waals surface area contributed by atoms with Crippen molar-refractivity contribution in [2.75, 3.05) is 12.8 Å². The topological polar surface area (TPSA) is 84.8 Å². The molecule has 0 radical (unpaired) electrons. The maximum Gasteiger partial charge on any atom is 0.203 e. The van der Waals surface area contributed by atoms with Crippen LogP contribution in [0.3, 0.4) is 0 Å². The Kier molecular flexibility index (Phi) is 3.55. The number of methoxy groups -OCH3 is 1. The smallest absolute Gasteiger partial charge is 0.203 e. The maximum atomic E-state index is 9.11. The quantitative estimate of drug-likeness (QED) is 0.853. The molecule has 1 aromatic carbocycles. The first-order valence-electron chi connectivity index (χ1n) is 5.08. The predicted molar refractivity (Wildman–Crippen MR) is 70.8 cm³/mol. The van der Waals surface area contributed by atoms with Gasteiger partial charge in [0, 0.05) is 0 Å². The number of nitrogens with two attached hydrogens (primary N) is 1. The standard InChI is InChI=1S/C12H10N4OS/c1-17-10-4-2-8(3-5-10)6-9(7-13)11-15-16-12(14)18-11/h2-6H,1H3,(H2,14,16)/b9-6+. The molecule has 0 fully saturated rings. The number of nitrogens with zero attached hydrogens (tertiary/aromatic N) is 3. The molecule has 0 aliphatic heterocycles. The van der Waals surface area contributed by atoms with Gasteiger partial charge in [-0.15, -0.1) is 10.2 Å². The Balaban J connectivity index is 2.32. The second-order valence-corrected chi connectivity index (χ2v) is 4.40. The Morgan fingerprint density at radius 3 is 2.61 bits per heavy atom. The highest BCUT2D eigenvalue weighted by Crippen LogP contribution is 2.23. The van der Waals surface area contributed by atoms with Gasteiger partial charge in [-0.3, -0.25) is 0 Å². The third kappa shape index (κ3) is 2.64. The first kappa shape index (κ1) is 12.1. The summed E-state index contributed by atoms with van der Waals surface area (Å²) >= 11 is 1.19. The minimum absolute atomic E-state index is 0.348. The number of hydrogen-bond acceptors (Lipinski definition) is 6. The van der Waals surface area contributed by atoms with Gasteiger partial charge in [0.2, 0.25) is 5.13 Å². The summed E-state index contributed by atoms with van der Waals surface area (Å²) in [6.07, 6.45) is 1.74. The number of benzene rings is 1. The van der Waals surface area contributed by atoms with E-state index < -0.39 is 0 Å². The van der Waals surface area contributed by atoms with E-state index in [4.69, 9.17) is 15.7 Å². The molecule has 1 aromatic heterocycles. The minimum Gasteiger partial charge on any atom is -0.497 e. The van der Waals surface area contributed by atoms with Crippen molar-refractivity contribution in [2.45, 2.75) is 0 Å². The summed E-state index contributed by atoms with van der Waals surface area (Å²) in [5.74, 6) is 0.769. The Morgan fingerprint density at radius 1 is 1.39 bits per heavy atom. The highest BCUT2D eigenvalue weighted by molar-refractivity contribution is 7.16. The third-order valence-corrected chi connectivity index (χ3v) is 3.00. The average Bonchev–Trinajstić information content (AvgIpc) is 2.83. The molecule has 5 nitrogen and oxygen atoms in total. The van der Waals surface area contributed by atoms with E-state index in [0.29, 0.717) is 15.7 Å². The number of ether oxygens (including phenoxy) is 1. The van der Waals surface area contributed by atoms with Crippen LogP contribution in [0.2, 0.25) is 0 Å². The van der Waals surface area contributed by atoms with Gasteiger partial charge in [-0.1, -0.05) is 23.5 Å². The van der Waals surface area contributed by atoms with Gasteiger partial charge in [-0.25, -0.2) is 0 Å². The number of rotatable bonds is 3. The van der Waals surface area contributed by atoms with Crippen molar-refractivity contribution in [1.82, 2.24) is 10.2 Å². The van der Waals surface area contributed by atoms with Crippen molar-refractivity contribution in [2.24, 2.45) is 0 Å². The first-order chi connectivity index (χ1) is 8.72. The number of aromatic nitrogens is 2. The molecule has 0 unspecified atom stereocenters. The number of nitrogen functional groups attached to an aromatic ring is 1. The molecule has 18 heavy (non-hydrogen) atoms. The summed E-state index contributed by atoms with van der Waals surface area (Å²) in [7, 11) is 1.61. The Bertz CT molecular complexity index is 610. The highest BCUT2D eigenvalue weighted by Gasteiger charge is 2.07. The van der Waals surface area contributed by atoms with Gasteiger partial charge in [0.25, 0.3) is 0 Å². The van der Waals surface area contributed by atoms with Gasteiger partial charge in [0.05, 0.1) is 12.7 Å². The van der Waals surface area contributed by atoms with Crippen LogP contribution in [0.1, 0.15) is 10.6 Å². The first-order valence-corrected chi connectivity index (χ1v) is 5.90. The lowest BCUT2D eigenvalue weighted by Gasteiger charge is -1.99. The number of hydrogen-bond donors (Lipinski definition) is 1. The lowest BCUT2D eigenvalue weighted by atomic mass is 10.1. The van der Waals surface area contributed by atoms with Crippen molar-refractivity contribution < 1.29 is 4.74 Å². The van der Waals surface area contributed by atoms with Gasteiger partial charge < -0.3 is 10.5 Å². The van der Waals surface area contributed by atoms with E-state index in [1.54, 1.807) is 13.2 Å². The van der Waals surface area contributed by atoms with E-state index in [0.717, 1.165) is 11.3 Å². The van der Waals surface area contributed by atoms with Crippen LogP contribution in [-0.2, 0) is 0 Å². The number of allylic oxidation sites excluding steroid dienone is 1. The number of anilines is 1. The van der Waals surface area contributed by atoms with Gasteiger partial charge in [-0.05, 0) is 23.8 Å². The van der Waals surface area contributed by atoms with Gasteiger partial charge in [-0.2, -0.15) is 5.26 Å². The van der Waals surface area contributed by atoms with Crippen LogP contribution in [-0.4, -0.2) is 17.3 Å². The molecule has 1 heterocycles. The molecule has 0 bridgehead atoms. The molecule has 0 spiro atoms. The van der Waals surface area contributed by atoms with E-state index in [-0.39, 0.29) is 0 Å². The van der Waals surface area contributed by atoms with E-state index in [1.807, 2.05) is 24.3 Å². The molecule has 0 atom stereocenters. The molecular formula is C12H10N4OS. The average molecular weight is 258 g/mol. The molecule has 2 aromatic rings. The molecule has 0 amide bonds. The molecule has 2 rings (SSSR count). The molecule has 0 aliphatic rings. The van der Waals surface area contributed by atoms with E-state index >= 15 is 0 Å². The Morgan fingerprint density at radius 2 is 2.11 bits per heavy atom. The Hall–Kier alpha value is -2.39. The zero-order valence-electron chi connectivity index (χ0n) is 9.62. The summed E-state index contributed by atoms with van der Waals surface area (Å²) < 4.78 is 5.07. The highest BCUT2D eigenvalue weighted by atomic mass is 32.1. The molecule has 6 heteroatoms. The molecule has 0 saturated carbocycles. The van der Waals surface area contributed by atoms with Crippen molar-refractivity contribution in [1.29, 1.82) is 5.26 Å². The monoisotopic (exact) mass is 258 g/mol. The second-order valence-electron chi connectivity index (χ2n) is 3.39. The molecule has 2 N–H and O–H groups in total. The Labute approximate surface area is 108 Å². The normalized spacial score (nSPS) is 11.0. The molecule has 0 aliphatic carbocycles. The van der Waals surface area contributed by atoms with Crippen LogP contribution in [0.5, 0.6) is 5.75 Å². The van der Waals surface area contributed by atoms with Crippen molar-refractivity contribution in [3.63, 3.8) is 0 Å². The van der Waals surface area contributed by atoms with Crippen LogP contribution < -0.4 is 10.5 Å². The molecule has 90 valence electrons. The SMILES string of the molecule is COc1ccc(/C=C(\C#N)c2nnc(N)s2)cc1. The van der Waals surface area contributed by atoms with Crippen molar-refractivity contribution >= 4 is 28.1 Å². The van der Waals surface area contributed by atoms with Crippen molar-refractivity contribution in [3.05, 3.63) is 34.8 Å². The largest absolute Gasteiger partial charge is 0.497 e. The summed E-state index contributed by atoms with van der Waals surface area (Å²) in [6, 6.07) is 9.47. The third-order valence-electron chi connectivity index (χ3n) is 2.22. The van der Waals surface area contributed by atoms with Gasteiger partial charge in [0.1, 0.15) is 11.8 Å². The van der Waals surface area contributed by atoms with Crippen LogP contribution in [0.15, 0.2) is 24.3 Å². The van der Waals surface area contributed by atoms with E-state index in [2.05, 4.69) is 16.3 Å². The zero-order chi connectivity index (χ0) is 13.0. The maximum absolute atomic E-state index is 9.11. The predicted octanol–water partition coefficient (Wildman–Crippen LogP) is 2.19. The molecular weight excluding hydrogens is 248 g/mol. The lowest BCUT2D eigenvalue weighted by Crippen LogP contribution is -1.83. The van der Waals surface area contributed by atoms with Crippen LogP contribution in [0.4, 0.5) is 5.13 Å². The van der Waals surface area contributed by atoms with Crippen LogP contribution in [0, 0.1) is 11.3 Å². The van der Waals surface area contributed by atoms with E-state index in [9.17, 15) is 0 Å². The van der Waals surface area contributed by atoms with Crippen LogP contribution in [0.25, 0.3) is 11.6 Å². The summed E-state index contributed by atoms with van der Waals surface area (Å²) in [4.78, 5) is 0. The minimum atomic E-state index is 0.348.